The van der Waals surface area contributed by atoms with Crippen LogP contribution in [0.3, 0.4) is 0 Å². The van der Waals surface area contributed by atoms with E-state index < -0.39 is 12.5 Å². The van der Waals surface area contributed by atoms with Gasteiger partial charge in [-0.1, -0.05) is 6.07 Å². The van der Waals surface area contributed by atoms with Crippen molar-refractivity contribution in [1.29, 1.82) is 0 Å². The summed E-state index contributed by atoms with van der Waals surface area (Å²) >= 11 is 0. The van der Waals surface area contributed by atoms with Gasteiger partial charge in [0.25, 0.3) is 5.91 Å². The third-order valence-electron chi connectivity index (χ3n) is 2.81. The molecule has 0 radical (unpaired) electrons. The summed E-state index contributed by atoms with van der Waals surface area (Å²) in [5.74, 6) is -0.571. The molecular formula is C15H14F2N2O3. The number of amides is 1. The first-order valence-electron chi connectivity index (χ1n) is 6.37. The first-order valence-corrected chi connectivity index (χ1v) is 6.37. The summed E-state index contributed by atoms with van der Waals surface area (Å²) in [6, 6.07) is 7.73. The lowest BCUT2D eigenvalue weighted by Crippen LogP contribution is -2.16. The molecule has 0 spiro atoms. The van der Waals surface area contributed by atoms with Crippen molar-refractivity contribution in [3.63, 3.8) is 0 Å². The third kappa shape index (κ3) is 3.69. The number of aromatic nitrogens is 1. The van der Waals surface area contributed by atoms with E-state index in [4.69, 9.17) is 4.74 Å². The van der Waals surface area contributed by atoms with Crippen LogP contribution in [0.15, 0.2) is 36.5 Å². The molecule has 1 heterocycles. The maximum atomic E-state index is 12.5. The van der Waals surface area contributed by atoms with Crippen LogP contribution in [0, 0.1) is 6.92 Å². The monoisotopic (exact) mass is 308 g/mol. The van der Waals surface area contributed by atoms with Crippen LogP contribution in [-0.2, 0) is 0 Å². The van der Waals surface area contributed by atoms with Crippen LogP contribution in [0.25, 0.3) is 0 Å². The number of ether oxygens (including phenoxy) is 2. The van der Waals surface area contributed by atoms with Crippen molar-refractivity contribution in [2.24, 2.45) is 0 Å². The van der Waals surface area contributed by atoms with Gasteiger partial charge in [-0.25, -0.2) is 4.98 Å². The zero-order valence-corrected chi connectivity index (χ0v) is 12.0. The molecule has 7 heteroatoms. The van der Waals surface area contributed by atoms with Crippen LogP contribution in [-0.4, -0.2) is 24.6 Å². The maximum absolute atomic E-state index is 12.5. The standard InChI is InChI=1S/C15H14F2N2O3/c1-9-6-7-18-12(8-9)19-14(20)10-4-3-5-11(21-2)13(10)22-15(16)17/h3-8,15H,1-2H3,(H,18,19,20). The molecule has 22 heavy (non-hydrogen) atoms. The fraction of sp³-hybridized carbons (Fsp3) is 0.200. The van der Waals surface area contributed by atoms with Gasteiger partial charge in [0.1, 0.15) is 5.82 Å². The Bertz CT molecular complexity index is 678. The summed E-state index contributed by atoms with van der Waals surface area (Å²) in [6.45, 7) is -1.23. The predicted octanol–water partition coefficient (Wildman–Crippen LogP) is 3.25. The minimum Gasteiger partial charge on any atom is -0.493 e. The van der Waals surface area contributed by atoms with Crippen LogP contribution in [0.4, 0.5) is 14.6 Å². The number of rotatable bonds is 5. The van der Waals surface area contributed by atoms with Gasteiger partial charge in [-0.15, -0.1) is 0 Å². The van der Waals surface area contributed by atoms with Gasteiger partial charge in [0.05, 0.1) is 12.7 Å². The van der Waals surface area contributed by atoms with Gasteiger partial charge in [0.15, 0.2) is 11.5 Å². The van der Waals surface area contributed by atoms with Gasteiger partial charge < -0.3 is 14.8 Å². The molecule has 1 aromatic heterocycles. The molecule has 5 nitrogen and oxygen atoms in total. The van der Waals surface area contributed by atoms with Crippen LogP contribution in [0.1, 0.15) is 15.9 Å². The van der Waals surface area contributed by atoms with Crippen molar-refractivity contribution in [2.45, 2.75) is 13.5 Å². The number of carbonyl (C=O) groups excluding carboxylic acids is 1. The van der Waals surface area contributed by atoms with Gasteiger partial charge in [0.2, 0.25) is 0 Å². The Kier molecular flexibility index (Phi) is 4.88. The molecule has 0 fully saturated rings. The Labute approximate surface area is 125 Å². The molecule has 1 aromatic carbocycles. The molecule has 0 aliphatic heterocycles. The number of carbonyl (C=O) groups is 1. The highest BCUT2D eigenvalue weighted by molar-refractivity contribution is 6.06. The van der Waals surface area contributed by atoms with E-state index in [1.807, 2.05) is 6.92 Å². The Morgan fingerprint density at radius 2 is 2.09 bits per heavy atom. The molecule has 0 aliphatic carbocycles. The Hall–Kier alpha value is -2.70. The van der Waals surface area contributed by atoms with Crippen LogP contribution >= 0.6 is 0 Å². The second-order valence-electron chi connectivity index (χ2n) is 4.39. The van der Waals surface area contributed by atoms with Gasteiger partial charge >= 0.3 is 6.61 Å². The van der Waals surface area contributed by atoms with Crippen molar-refractivity contribution in [2.75, 3.05) is 12.4 Å². The van der Waals surface area contributed by atoms with Crippen LogP contribution in [0.2, 0.25) is 0 Å². The predicted molar refractivity (Wildman–Crippen MR) is 76.6 cm³/mol. The van der Waals surface area contributed by atoms with Crippen molar-refractivity contribution in [1.82, 2.24) is 4.98 Å². The largest absolute Gasteiger partial charge is 0.493 e. The van der Waals surface area contributed by atoms with E-state index in [-0.39, 0.29) is 17.1 Å². The minimum absolute atomic E-state index is 0.0464. The molecule has 0 unspecified atom stereocenters. The van der Waals surface area contributed by atoms with Gasteiger partial charge in [-0.3, -0.25) is 4.79 Å². The van der Waals surface area contributed by atoms with Crippen LogP contribution < -0.4 is 14.8 Å². The van der Waals surface area contributed by atoms with Crippen molar-refractivity contribution in [3.05, 3.63) is 47.7 Å². The Morgan fingerprint density at radius 3 is 2.73 bits per heavy atom. The summed E-state index contributed by atoms with van der Waals surface area (Å²) in [5, 5.41) is 2.53. The number of hydrogen-bond donors (Lipinski definition) is 1. The quantitative estimate of drug-likeness (QED) is 0.921. The molecule has 0 bridgehead atoms. The summed E-state index contributed by atoms with van der Waals surface area (Å²) in [4.78, 5) is 16.3. The highest BCUT2D eigenvalue weighted by atomic mass is 19.3. The molecule has 1 N–H and O–H groups in total. The molecule has 0 saturated carbocycles. The number of benzene rings is 1. The van der Waals surface area contributed by atoms with Crippen molar-refractivity contribution < 1.29 is 23.0 Å². The number of aryl methyl sites for hydroxylation is 1. The van der Waals surface area contributed by atoms with Crippen LogP contribution in [0.5, 0.6) is 11.5 Å². The second kappa shape index (κ2) is 6.84. The number of methoxy groups -OCH3 is 1. The van der Waals surface area contributed by atoms with Gasteiger partial charge in [-0.05, 0) is 36.8 Å². The molecular weight excluding hydrogens is 294 g/mol. The molecule has 116 valence electrons. The molecule has 2 rings (SSSR count). The molecule has 2 aromatic rings. The second-order valence-corrected chi connectivity index (χ2v) is 4.39. The van der Waals surface area contributed by atoms with E-state index in [9.17, 15) is 13.6 Å². The summed E-state index contributed by atoms with van der Waals surface area (Å²) < 4.78 is 34.4. The van der Waals surface area contributed by atoms with E-state index >= 15 is 0 Å². The summed E-state index contributed by atoms with van der Waals surface area (Å²) in [5.41, 5.74) is 0.836. The highest BCUT2D eigenvalue weighted by Gasteiger charge is 2.20. The van der Waals surface area contributed by atoms with E-state index in [2.05, 4.69) is 15.0 Å². The Balaban J connectivity index is 2.32. The van der Waals surface area contributed by atoms with Gasteiger partial charge in [-0.2, -0.15) is 8.78 Å². The number of hydrogen-bond acceptors (Lipinski definition) is 4. The van der Waals surface area contributed by atoms with E-state index in [1.165, 1.54) is 31.5 Å². The average molecular weight is 308 g/mol. The molecule has 1 amide bonds. The zero-order valence-electron chi connectivity index (χ0n) is 12.0. The first kappa shape index (κ1) is 15.7. The number of alkyl halides is 2. The smallest absolute Gasteiger partial charge is 0.387 e. The number of pyridine rings is 1. The highest BCUT2D eigenvalue weighted by Crippen LogP contribution is 2.32. The lowest BCUT2D eigenvalue weighted by Gasteiger charge is -2.14. The van der Waals surface area contributed by atoms with E-state index in [0.29, 0.717) is 5.82 Å². The topological polar surface area (TPSA) is 60.5 Å². The number of nitrogens with zero attached hydrogens (tertiary/aromatic N) is 1. The number of halogens is 2. The Morgan fingerprint density at radius 1 is 1.32 bits per heavy atom. The molecule has 0 saturated heterocycles. The fourth-order valence-corrected chi connectivity index (χ4v) is 1.85. The van der Waals surface area contributed by atoms with E-state index in [0.717, 1.165) is 5.56 Å². The molecule has 0 atom stereocenters. The van der Waals surface area contributed by atoms with Gasteiger partial charge in [0, 0.05) is 6.20 Å². The summed E-state index contributed by atoms with van der Waals surface area (Å²) in [7, 11) is 1.30. The number of para-hydroxylation sites is 1. The average Bonchev–Trinajstić information content (AvgIpc) is 2.46. The van der Waals surface area contributed by atoms with E-state index in [1.54, 1.807) is 12.1 Å². The third-order valence-corrected chi connectivity index (χ3v) is 2.81. The fourth-order valence-electron chi connectivity index (χ4n) is 1.85. The van der Waals surface area contributed by atoms with Crippen molar-refractivity contribution in [3.8, 4) is 11.5 Å². The lowest BCUT2D eigenvalue weighted by atomic mass is 10.1. The van der Waals surface area contributed by atoms with Crippen molar-refractivity contribution >= 4 is 11.7 Å². The first-order chi connectivity index (χ1) is 10.5. The normalized spacial score (nSPS) is 10.4. The minimum atomic E-state index is -3.07. The molecule has 0 aliphatic rings. The number of anilines is 1. The summed E-state index contributed by atoms with van der Waals surface area (Å²) in [6.07, 6.45) is 1.53. The number of nitrogens with one attached hydrogen (secondary N) is 1. The lowest BCUT2D eigenvalue weighted by molar-refractivity contribution is -0.0515. The SMILES string of the molecule is COc1cccc(C(=O)Nc2cc(C)ccn2)c1OC(F)F. The zero-order chi connectivity index (χ0) is 16.1. The maximum Gasteiger partial charge on any atom is 0.387 e.